The van der Waals surface area contributed by atoms with Crippen LogP contribution in [0.4, 0.5) is 5.69 Å². The zero-order valence-corrected chi connectivity index (χ0v) is 20.4. The van der Waals surface area contributed by atoms with E-state index in [2.05, 4.69) is 5.43 Å². The third-order valence-corrected chi connectivity index (χ3v) is 9.10. The number of carbonyl (C=O) groups is 2. The Morgan fingerprint density at radius 2 is 1.80 bits per heavy atom. The number of para-hydroxylation sites is 1. The predicted molar refractivity (Wildman–Crippen MR) is 135 cm³/mol. The molecule has 10 heteroatoms. The third kappa shape index (κ3) is 3.88. The Morgan fingerprint density at radius 1 is 1.14 bits per heavy atom. The van der Waals surface area contributed by atoms with Crippen LogP contribution in [0.25, 0.3) is 17.4 Å². The van der Waals surface area contributed by atoms with Crippen molar-refractivity contribution in [2.24, 2.45) is 23.2 Å². The quantitative estimate of drug-likeness (QED) is 0.252. The zero-order chi connectivity index (χ0) is 24.3. The SMILES string of the molecule is O=C1/C(=C\c2ccc(-c3ccccc3[N+](=O)[O-])o2)SC(=S)N1NC(=O)C12CC3CC(CC(C3)C1)C2. The molecule has 1 saturated heterocycles. The lowest BCUT2D eigenvalue weighted by Gasteiger charge is -2.55. The van der Waals surface area contributed by atoms with E-state index in [-0.39, 0.29) is 21.3 Å². The summed E-state index contributed by atoms with van der Waals surface area (Å²) in [5, 5.41) is 12.5. The lowest BCUT2D eigenvalue weighted by molar-refractivity contribution is -0.384. The van der Waals surface area contributed by atoms with Gasteiger partial charge in [-0.15, -0.1) is 0 Å². The van der Waals surface area contributed by atoms with Crippen molar-refractivity contribution in [1.29, 1.82) is 0 Å². The van der Waals surface area contributed by atoms with Gasteiger partial charge in [-0.05, 0) is 86.7 Å². The maximum Gasteiger partial charge on any atom is 0.285 e. The van der Waals surface area contributed by atoms with Crippen LogP contribution in [0, 0.1) is 33.3 Å². The second kappa shape index (κ2) is 8.30. The fourth-order valence-corrected chi connectivity index (χ4v) is 7.88. The molecule has 8 nitrogen and oxygen atoms in total. The number of thioether (sulfide) groups is 1. The number of benzene rings is 1. The summed E-state index contributed by atoms with van der Waals surface area (Å²) in [5.41, 5.74) is 2.74. The number of furan rings is 1. The number of nitro groups is 1. The smallest absolute Gasteiger partial charge is 0.285 e. The lowest BCUT2D eigenvalue weighted by atomic mass is 9.49. The van der Waals surface area contributed by atoms with Crippen LogP contribution in [0.1, 0.15) is 44.3 Å². The number of nitrogens with one attached hydrogen (secondary N) is 1. The minimum Gasteiger partial charge on any atom is -0.456 e. The molecule has 4 saturated carbocycles. The standard InChI is InChI=1S/C25H23N3O5S2/c29-22-21(10-17-5-6-20(33-17)18-3-1-2-4-19(18)28(31)32)35-24(34)27(22)26-23(30)25-11-14-7-15(12-25)9-16(8-14)13-25/h1-6,10,14-16H,7-9,11-13H2,(H,26,30)/b21-10+. The van der Waals surface area contributed by atoms with Crippen molar-refractivity contribution >= 4 is 51.9 Å². The van der Waals surface area contributed by atoms with E-state index >= 15 is 0 Å². The summed E-state index contributed by atoms with van der Waals surface area (Å²) in [5.74, 6) is 2.05. The fourth-order valence-electron chi connectivity index (χ4n) is 6.72. The zero-order valence-electron chi connectivity index (χ0n) is 18.8. The molecule has 0 radical (unpaired) electrons. The number of nitro benzene ring substituents is 1. The van der Waals surface area contributed by atoms with E-state index in [0.717, 1.165) is 31.0 Å². The van der Waals surface area contributed by atoms with Gasteiger partial charge in [-0.1, -0.05) is 23.9 Å². The van der Waals surface area contributed by atoms with Crippen molar-refractivity contribution in [1.82, 2.24) is 10.4 Å². The average molecular weight is 510 g/mol. The Balaban J connectivity index is 1.19. The molecule has 5 aliphatic rings. The number of nitrogens with zero attached hydrogens (tertiary/aromatic N) is 2. The Hall–Kier alpha value is -2.98. The van der Waals surface area contributed by atoms with Crippen LogP contribution in [0.5, 0.6) is 0 Å². The monoisotopic (exact) mass is 509 g/mol. The number of rotatable bonds is 5. The van der Waals surface area contributed by atoms with Gasteiger partial charge in [0.25, 0.3) is 11.6 Å². The third-order valence-electron chi connectivity index (χ3n) is 7.79. The van der Waals surface area contributed by atoms with E-state index in [1.54, 1.807) is 36.4 Å². The van der Waals surface area contributed by atoms with Crippen LogP contribution in [0.2, 0.25) is 0 Å². The highest BCUT2D eigenvalue weighted by molar-refractivity contribution is 8.26. The predicted octanol–water partition coefficient (Wildman–Crippen LogP) is 5.30. The van der Waals surface area contributed by atoms with Crippen LogP contribution in [0.15, 0.2) is 45.7 Å². The number of hydrazine groups is 1. The van der Waals surface area contributed by atoms with Crippen molar-refractivity contribution in [3.63, 3.8) is 0 Å². The number of hydrogen-bond acceptors (Lipinski definition) is 7. The normalized spacial score (nSPS) is 30.3. The van der Waals surface area contributed by atoms with E-state index in [1.165, 1.54) is 30.3 Å². The van der Waals surface area contributed by atoms with Gasteiger partial charge >= 0.3 is 0 Å². The first kappa shape index (κ1) is 22.5. The minimum atomic E-state index is -0.463. The van der Waals surface area contributed by atoms with E-state index in [0.29, 0.717) is 39.7 Å². The van der Waals surface area contributed by atoms with E-state index in [4.69, 9.17) is 16.6 Å². The van der Waals surface area contributed by atoms with Crippen molar-refractivity contribution < 1.29 is 18.9 Å². The Morgan fingerprint density at radius 3 is 2.46 bits per heavy atom. The molecule has 1 aliphatic heterocycles. The Kier molecular flexibility index (Phi) is 5.33. The maximum absolute atomic E-state index is 13.4. The Bertz CT molecular complexity index is 1260. The summed E-state index contributed by atoms with van der Waals surface area (Å²) < 4.78 is 6.06. The van der Waals surface area contributed by atoms with Crippen LogP contribution < -0.4 is 5.43 Å². The number of amides is 2. The molecule has 5 fully saturated rings. The largest absolute Gasteiger partial charge is 0.456 e. The highest BCUT2D eigenvalue weighted by Gasteiger charge is 2.55. The molecule has 4 bridgehead atoms. The van der Waals surface area contributed by atoms with E-state index in [1.807, 2.05) is 0 Å². The second-order valence-electron chi connectivity index (χ2n) is 10.1. The van der Waals surface area contributed by atoms with Gasteiger partial charge < -0.3 is 4.42 Å². The molecule has 1 aromatic heterocycles. The summed E-state index contributed by atoms with van der Waals surface area (Å²) in [4.78, 5) is 37.7. The van der Waals surface area contributed by atoms with Crippen molar-refractivity contribution in [2.45, 2.75) is 38.5 Å². The molecule has 0 spiro atoms. The van der Waals surface area contributed by atoms with Crippen LogP contribution in [0.3, 0.4) is 0 Å². The highest BCUT2D eigenvalue weighted by Crippen LogP contribution is 2.60. The van der Waals surface area contributed by atoms with E-state index in [9.17, 15) is 19.7 Å². The molecular weight excluding hydrogens is 486 g/mol. The second-order valence-corrected chi connectivity index (χ2v) is 11.8. The van der Waals surface area contributed by atoms with Gasteiger partial charge in [0, 0.05) is 12.1 Å². The first-order valence-corrected chi connectivity index (χ1v) is 13.0. The van der Waals surface area contributed by atoms with Crippen molar-refractivity contribution in [3.05, 3.63) is 57.2 Å². The summed E-state index contributed by atoms with van der Waals surface area (Å²) in [6.45, 7) is 0. The first-order chi connectivity index (χ1) is 16.8. The molecule has 2 aromatic rings. The van der Waals surface area contributed by atoms with Gasteiger partial charge in [0.1, 0.15) is 11.5 Å². The number of hydrogen-bond donors (Lipinski definition) is 1. The molecule has 2 heterocycles. The summed E-state index contributed by atoms with van der Waals surface area (Å²) in [6.07, 6.45) is 7.94. The molecule has 0 unspecified atom stereocenters. The van der Waals surface area contributed by atoms with Crippen molar-refractivity contribution in [2.75, 3.05) is 0 Å². The fraction of sp³-hybridized carbons (Fsp3) is 0.400. The van der Waals surface area contributed by atoms with Gasteiger partial charge in [-0.25, -0.2) is 0 Å². The maximum atomic E-state index is 13.4. The average Bonchev–Trinajstić information content (AvgIpc) is 3.38. The Labute approximate surface area is 211 Å². The van der Waals surface area contributed by atoms with Gasteiger partial charge in [-0.2, -0.15) is 5.01 Å². The van der Waals surface area contributed by atoms with Gasteiger partial charge in [0.2, 0.25) is 5.91 Å². The molecule has 35 heavy (non-hydrogen) atoms. The molecule has 2 amide bonds. The van der Waals surface area contributed by atoms with Crippen LogP contribution >= 0.6 is 24.0 Å². The summed E-state index contributed by atoms with van der Waals surface area (Å²) >= 11 is 6.50. The van der Waals surface area contributed by atoms with Crippen LogP contribution in [-0.4, -0.2) is 26.1 Å². The molecule has 1 aromatic carbocycles. The highest BCUT2D eigenvalue weighted by atomic mass is 32.2. The van der Waals surface area contributed by atoms with Gasteiger partial charge in [0.15, 0.2) is 4.32 Å². The molecule has 7 rings (SSSR count). The first-order valence-electron chi connectivity index (χ1n) is 11.7. The summed E-state index contributed by atoms with van der Waals surface area (Å²) in [7, 11) is 0. The molecule has 1 N–H and O–H groups in total. The van der Waals surface area contributed by atoms with Crippen LogP contribution in [-0.2, 0) is 9.59 Å². The number of carbonyl (C=O) groups excluding carboxylic acids is 2. The summed E-state index contributed by atoms with van der Waals surface area (Å²) in [6, 6.07) is 9.59. The van der Waals surface area contributed by atoms with Gasteiger partial charge in [0.05, 0.1) is 20.8 Å². The topological polar surface area (TPSA) is 106 Å². The van der Waals surface area contributed by atoms with Gasteiger partial charge in [-0.3, -0.25) is 25.1 Å². The molecular formula is C25H23N3O5S2. The lowest BCUT2D eigenvalue weighted by Crippen LogP contribution is -2.57. The molecule has 180 valence electrons. The van der Waals surface area contributed by atoms with E-state index < -0.39 is 10.8 Å². The molecule has 0 atom stereocenters. The molecule has 4 aliphatic carbocycles. The minimum absolute atomic E-state index is 0.0629. The number of thiocarbonyl (C=S) groups is 1. The van der Waals surface area contributed by atoms with Crippen molar-refractivity contribution in [3.8, 4) is 11.3 Å².